The highest BCUT2D eigenvalue weighted by atomic mass is 16.7. The number of Topliss-reactive ketones (excluding diaryl/α,β-unsaturated/α-hetero) is 1. The SMILES string of the molecule is COCOC1CCC(c2ccccc2)CCC=CC(O)C1=O. The van der Waals surface area contributed by atoms with Crippen molar-refractivity contribution in [3.05, 3.63) is 48.0 Å². The zero-order chi connectivity index (χ0) is 15.8. The molecule has 4 nitrogen and oxygen atoms in total. The summed E-state index contributed by atoms with van der Waals surface area (Å²) in [4.78, 5) is 12.2. The van der Waals surface area contributed by atoms with Crippen LogP contribution in [-0.2, 0) is 14.3 Å². The van der Waals surface area contributed by atoms with Gasteiger partial charge in [-0.1, -0.05) is 42.5 Å². The lowest BCUT2D eigenvalue weighted by molar-refractivity contribution is -0.146. The quantitative estimate of drug-likeness (QED) is 0.686. The topological polar surface area (TPSA) is 55.8 Å². The van der Waals surface area contributed by atoms with Crippen LogP contribution in [0.25, 0.3) is 0 Å². The number of allylic oxidation sites excluding steroid dienone is 1. The van der Waals surface area contributed by atoms with Crippen LogP contribution >= 0.6 is 0 Å². The number of rotatable bonds is 4. The Morgan fingerprint density at radius 1 is 1.18 bits per heavy atom. The lowest BCUT2D eigenvalue weighted by atomic mass is 9.87. The van der Waals surface area contributed by atoms with E-state index in [1.807, 2.05) is 24.3 Å². The van der Waals surface area contributed by atoms with Gasteiger partial charge in [-0.25, -0.2) is 0 Å². The normalized spacial score (nSPS) is 26.8. The van der Waals surface area contributed by atoms with Gasteiger partial charge in [0, 0.05) is 7.11 Å². The number of aliphatic hydroxyl groups is 1. The van der Waals surface area contributed by atoms with Gasteiger partial charge in [0.2, 0.25) is 0 Å². The van der Waals surface area contributed by atoms with E-state index in [0.29, 0.717) is 12.3 Å². The highest BCUT2D eigenvalue weighted by Crippen LogP contribution is 2.28. The Morgan fingerprint density at radius 3 is 2.68 bits per heavy atom. The molecule has 1 aromatic rings. The maximum absolute atomic E-state index is 12.2. The standard InChI is InChI=1S/C18H24O4/c1-21-13-22-17-12-11-15(14-7-3-2-4-8-14)9-5-6-10-16(19)18(17)20/h2-4,6-8,10,15-17,19H,5,9,11-13H2,1H3. The maximum atomic E-state index is 12.2. The smallest absolute Gasteiger partial charge is 0.193 e. The maximum Gasteiger partial charge on any atom is 0.193 e. The van der Waals surface area contributed by atoms with E-state index in [4.69, 9.17) is 9.47 Å². The number of benzene rings is 1. The molecule has 0 fully saturated rings. The summed E-state index contributed by atoms with van der Waals surface area (Å²) in [5.41, 5.74) is 1.29. The number of carbonyl (C=O) groups is 1. The summed E-state index contributed by atoms with van der Waals surface area (Å²) in [6.45, 7) is 0.0584. The molecule has 0 amide bonds. The third kappa shape index (κ3) is 4.77. The largest absolute Gasteiger partial charge is 0.381 e. The van der Waals surface area contributed by atoms with Gasteiger partial charge in [-0.3, -0.25) is 4.79 Å². The van der Waals surface area contributed by atoms with Crippen molar-refractivity contribution in [3.63, 3.8) is 0 Å². The number of carbonyl (C=O) groups excluding carboxylic acids is 1. The van der Waals surface area contributed by atoms with Crippen molar-refractivity contribution in [1.29, 1.82) is 0 Å². The Bertz CT molecular complexity index is 483. The van der Waals surface area contributed by atoms with Gasteiger partial charge in [0.1, 0.15) is 19.0 Å². The molecule has 0 spiro atoms. The van der Waals surface area contributed by atoms with Crippen molar-refractivity contribution in [2.45, 2.75) is 43.8 Å². The van der Waals surface area contributed by atoms with E-state index in [9.17, 15) is 9.90 Å². The molecule has 0 saturated carbocycles. The molecule has 4 heteroatoms. The fourth-order valence-electron chi connectivity index (χ4n) is 2.82. The van der Waals surface area contributed by atoms with Crippen LogP contribution < -0.4 is 0 Å². The fraction of sp³-hybridized carbons (Fsp3) is 0.500. The number of ketones is 1. The minimum atomic E-state index is -1.09. The molecule has 0 aliphatic heterocycles. The molecule has 0 bridgehead atoms. The lowest BCUT2D eigenvalue weighted by Crippen LogP contribution is -2.34. The first-order chi connectivity index (χ1) is 10.7. The van der Waals surface area contributed by atoms with Crippen molar-refractivity contribution < 1.29 is 19.4 Å². The summed E-state index contributed by atoms with van der Waals surface area (Å²) in [6.07, 6.45) is 5.04. The van der Waals surface area contributed by atoms with E-state index >= 15 is 0 Å². The van der Waals surface area contributed by atoms with Crippen molar-refractivity contribution in [2.75, 3.05) is 13.9 Å². The summed E-state index contributed by atoms with van der Waals surface area (Å²) >= 11 is 0. The Kier molecular flexibility index (Phi) is 6.77. The molecule has 0 heterocycles. The monoisotopic (exact) mass is 304 g/mol. The van der Waals surface area contributed by atoms with Gasteiger partial charge < -0.3 is 14.6 Å². The Labute approximate surface area is 131 Å². The molecule has 1 aliphatic rings. The highest BCUT2D eigenvalue weighted by molar-refractivity contribution is 5.88. The van der Waals surface area contributed by atoms with Gasteiger partial charge >= 0.3 is 0 Å². The van der Waals surface area contributed by atoms with Crippen LogP contribution in [-0.4, -0.2) is 37.0 Å². The van der Waals surface area contributed by atoms with Gasteiger partial charge in [-0.05, 0) is 37.2 Å². The van der Waals surface area contributed by atoms with Crippen LogP contribution in [0.4, 0.5) is 0 Å². The fourth-order valence-corrected chi connectivity index (χ4v) is 2.82. The Balaban J connectivity index is 2.12. The van der Waals surface area contributed by atoms with Crippen molar-refractivity contribution in [2.24, 2.45) is 0 Å². The van der Waals surface area contributed by atoms with Crippen molar-refractivity contribution in [3.8, 4) is 0 Å². The lowest BCUT2D eigenvalue weighted by Gasteiger charge is -2.23. The molecule has 1 aromatic carbocycles. The molecule has 0 saturated heterocycles. The second-order valence-corrected chi connectivity index (χ2v) is 5.60. The van der Waals surface area contributed by atoms with E-state index in [1.54, 1.807) is 6.08 Å². The van der Waals surface area contributed by atoms with E-state index < -0.39 is 12.2 Å². The predicted octanol–water partition coefficient (Wildman–Crippen LogP) is 2.82. The van der Waals surface area contributed by atoms with Crippen LogP contribution in [0.5, 0.6) is 0 Å². The molecule has 2 rings (SSSR count). The van der Waals surface area contributed by atoms with Crippen LogP contribution in [0.15, 0.2) is 42.5 Å². The zero-order valence-electron chi connectivity index (χ0n) is 13.0. The summed E-state index contributed by atoms with van der Waals surface area (Å²) in [6, 6.07) is 10.3. The molecule has 3 atom stereocenters. The summed E-state index contributed by atoms with van der Waals surface area (Å²) < 4.78 is 10.4. The number of aliphatic hydroxyl groups excluding tert-OH is 1. The third-order valence-electron chi connectivity index (χ3n) is 4.04. The average Bonchev–Trinajstić information content (AvgIpc) is 2.56. The number of methoxy groups -OCH3 is 1. The highest BCUT2D eigenvalue weighted by Gasteiger charge is 2.26. The van der Waals surface area contributed by atoms with Gasteiger partial charge in [0.25, 0.3) is 0 Å². The predicted molar refractivity (Wildman–Crippen MR) is 84.6 cm³/mol. The minimum absolute atomic E-state index is 0.0584. The Morgan fingerprint density at radius 2 is 1.95 bits per heavy atom. The first kappa shape index (κ1) is 16.9. The number of hydrogen-bond donors (Lipinski definition) is 1. The molecule has 3 unspecified atom stereocenters. The second kappa shape index (κ2) is 8.83. The summed E-state index contributed by atoms with van der Waals surface area (Å²) in [5, 5.41) is 9.90. The molecular weight excluding hydrogens is 280 g/mol. The van der Waals surface area contributed by atoms with Crippen LogP contribution in [0, 0.1) is 0 Å². The third-order valence-corrected chi connectivity index (χ3v) is 4.04. The molecule has 0 radical (unpaired) electrons. The molecule has 22 heavy (non-hydrogen) atoms. The van der Waals surface area contributed by atoms with Crippen LogP contribution in [0.3, 0.4) is 0 Å². The van der Waals surface area contributed by atoms with Gasteiger partial charge in [0.05, 0.1) is 0 Å². The van der Waals surface area contributed by atoms with Gasteiger partial charge in [-0.2, -0.15) is 0 Å². The number of hydrogen-bond acceptors (Lipinski definition) is 4. The zero-order valence-corrected chi connectivity index (χ0v) is 13.0. The Hall–Kier alpha value is -1.49. The van der Waals surface area contributed by atoms with Crippen LogP contribution in [0.1, 0.15) is 37.2 Å². The second-order valence-electron chi connectivity index (χ2n) is 5.60. The summed E-state index contributed by atoms with van der Waals surface area (Å²) in [5.74, 6) is 0.101. The minimum Gasteiger partial charge on any atom is -0.381 e. The summed E-state index contributed by atoms with van der Waals surface area (Å²) in [7, 11) is 1.52. The van der Waals surface area contributed by atoms with E-state index in [0.717, 1.165) is 19.3 Å². The van der Waals surface area contributed by atoms with E-state index in [2.05, 4.69) is 12.1 Å². The van der Waals surface area contributed by atoms with Gasteiger partial charge in [0.15, 0.2) is 5.78 Å². The molecule has 1 aliphatic carbocycles. The van der Waals surface area contributed by atoms with Crippen molar-refractivity contribution in [1.82, 2.24) is 0 Å². The molecule has 120 valence electrons. The molecule has 1 N–H and O–H groups in total. The van der Waals surface area contributed by atoms with Gasteiger partial charge in [-0.15, -0.1) is 0 Å². The first-order valence-corrected chi connectivity index (χ1v) is 7.76. The molecular formula is C18H24O4. The van der Waals surface area contributed by atoms with E-state index in [-0.39, 0.29) is 12.6 Å². The van der Waals surface area contributed by atoms with E-state index in [1.165, 1.54) is 12.7 Å². The molecule has 0 aromatic heterocycles. The van der Waals surface area contributed by atoms with Crippen molar-refractivity contribution >= 4 is 5.78 Å². The number of ether oxygens (including phenoxy) is 2. The van der Waals surface area contributed by atoms with Crippen LogP contribution in [0.2, 0.25) is 0 Å². The average molecular weight is 304 g/mol. The first-order valence-electron chi connectivity index (χ1n) is 7.76.